The summed E-state index contributed by atoms with van der Waals surface area (Å²) in [6, 6.07) is 7.68. The Labute approximate surface area is 183 Å². The highest BCUT2D eigenvalue weighted by molar-refractivity contribution is 9.10. The number of furan rings is 1. The van der Waals surface area contributed by atoms with Gasteiger partial charge in [-0.2, -0.15) is 0 Å². The lowest BCUT2D eigenvalue weighted by Crippen LogP contribution is -2.45. The lowest BCUT2D eigenvalue weighted by molar-refractivity contribution is -0.150. The second-order valence-electron chi connectivity index (χ2n) is 6.19. The SMILES string of the molecule is Cc1ccc(-c2ccc(/C=C3/SC(=S)N([C@H](CC(=O)O)C(=O)O)C3=O)o2)c(Br)c1. The van der Waals surface area contributed by atoms with E-state index in [9.17, 15) is 19.5 Å². The Morgan fingerprint density at radius 1 is 1.31 bits per heavy atom. The quantitative estimate of drug-likeness (QED) is 0.454. The smallest absolute Gasteiger partial charge is 0.327 e. The third-order valence-electron chi connectivity index (χ3n) is 4.08. The van der Waals surface area contributed by atoms with Crippen LogP contribution in [0.25, 0.3) is 17.4 Å². The van der Waals surface area contributed by atoms with E-state index in [1.54, 1.807) is 12.1 Å². The van der Waals surface area contributed by atoms with Crippen molar-refractivity contribution >= 4 is 68.2 Å². The van der Waals surface area contributed by atoms with Gasteiger partial charge in [-0.15, -0.1) is 0 Å². The molecule has 0 saturated carbocycles. The van der Waals surface area contributed by atoms with Gasteiger partial charge in [-0.05, 0) is 36.8 Å². The first kappa shape index (κ1) is 21.3. The summed E-state index contributed by atoms with van der Waals surface area (Å²) < 4.78 is 6.65. The zero-order valence-corrected chi connectivity index (χ0v) is 18.1. The van der Waals surface area contributed by atoms with Gasteiger partial charge >= 0.3 is 11.9 Å². The molecule has 2 heterocycles. The van der Waals surface area contributed by atoms with Crippen molar-refractivity contribution in [3.63, 3.8) is 0 Å². The standard InChI is InChI=1S/C19H14BrNO6S2/c1-9-2-4-11(12(20)6-9)14-5-3-10(27-14)7-15-17(24)21(19(28)29-15)13(18(25)26)8-16(22)23/h2-7,13H,8H2,1H3,(H,22,23)(H,25,26)/b15-7+/t13-/m1/s1. The van der Waals surface area contributed by atoms with E-state index in [0.717, 1.165) is 32.3 Å². The third kappa shape index (κ3) is 4.60. The van der Waals surface area contributed by atoms with Gasteiger partial charge in [0.15, 0.2) is 0 Å². The molecule has 29 heavy (non-hydrogen) atoms. The number of benzene rings is 1. The summed E-state index contributed by atoms with van der Waals surface area (Å²) in [7, 11) is 0. The topological polar surface area (TPSA) is 108 Å². The number of thioether (sulfide) groups is 1. The maximum atomic E-state index is 12.7. The van der Waals surface area contributed by atoms with E-state index in [-0.39, 0.29) is 9.23 Å². The highest BCUT2D eigenvalue weighted by Gasteiger charge is 2.41. The first-order valence-electron chi connectivity index (χ1n) is 8.25. The molecule has 0 aliphatic carbocycles. The van der Waals surface area contributed by atoms with Crippen molar-refractivity contribution in [2.24, 2.45) is 0 Å². The van der Waals surface area contributed by atoms with Gasteiger partial charge in [-0.1, -0.05) is 46.0 Å². The van der Waals surface area contributed by atoms with Crippen molar-refractivity contribution in [1.82, 2.24) is 4.90 Å². The number of carbonyl (C=O) groups is 3. The first-order chi connectivity index (χ1) is 13.7. The molecule has 150 valence electrons. The number of aryl methyl sites for hydroxylation is 1. The fourth-order valence-corrected chi connectivity index (χ4v) is 4.75. The summed E-state index contributed by atoms with van der Waals surface area (Å²) in [5.74, 6) is -2.46. The minimum Gasteiger partial charge on any atom is -0.481 e. The zero-order chi connectivity index (χ0) is 21.3. The Bertz CT molecular complexity index is 1060. The van der Waals surface area contributed by atoms with Gasteiger partial charge < -0.3 is 14.6 Å². The molecule has 3 rings (SSSR count). The molecule has 10 heteroatoms. The molecule has 1 atom stereocenters. The predicted molar refractivity (Wildman–Crippen MR) is 115 cm³/mol. The Balaban J connectivity index is 1.87. The van der Waals surface area contributed by atoms with Gasteiger partial charge in [-0.25, -0.2) is 4.79 Å². The van der Waals surface area contributed by atoms with Crippen molar-refractivity contribution in [2.75, 3.05) is 0 Å². The number of nitrogens with zero attached hydrogens (tertiary/aromatic N) is 1. The molecule has 0 spiro atoms. The molecule has 1 fully saturated rings. The van der Waals surface area contributed by atoms with Crippen molar-refractivity contribution in [2.45, 2.75) is 19.4 Å². The number of hydrogen-bond donors (Lipinski definition) is 2. The van der Waals surface area contributed by atoms with Gasteiger partial charge in [-0.3, -0.25) is 14.5 Å². The monoisotopic (exact) mass is 495 g/mol. The molecule has 1 aliphatic rings. The normalized spacial score (nSPS) is 16.5. The van der Waals surface area contributed by atoms with Crippen molar-refractivity contribution in [3.05, 3.63) is 51.0 Å². The number of rotatable bonds is 6. The van der Waals surface area contributed by atoms with E-state index in [4.69, 9.17) is 21.7 Å². The molecule has 2 aromatic rings. The largest absolute Gasteiger partial charge is 0.481 e. The number of thiocarbonyl (C=S) groups is 1. The highest BCUT2D eigenvalue weighted by Crippen LogP contribution is 2.36. The summed E-state index contributed by atoms with van der Waals surface area (Å²) in [4.78, 5) is 36.0. The van der Waals surface area contributed by atoms with E-state index >= 15 is 0 Å². The number of halogens is 1. The summed E-state index contributed by atoms with van der Waals surface area (Å²) >= 11 is 9.50. The fourth-order valence-electron chi connectivity index (χ4n) is 2.73. The maximum Gasteiger partial charge on any atom is 0.327 e. The molecular weight excluding hydrogens is 482 g/mol. The second kappa shape index (κ2) is 8.52. The number of hydrogen-bond acceptors (Lipinski definition) is 6. The number of amides is 1. The lowest BCUT2D eigenvalue weighted by Gasteiger charge is -2.21. The van der Waals surface area contributed by atoms with Crippen LogP contribution in [0.15, 0.2) is 44.1 Å². The van der Waals surface area contributed by atoms with Crippen LogP contribution in [0.2, 0.25) is 0 Å². The summed E-state index contributed by atoms with van der Waals surface area (Å²) in [5.41, 5.74) is 1.93. The van der Waals surface area contributed by atoms with Crippen molar-refractivity contribution in [1.29, 1.82) is 0 Å². The lowest BCUT2D eigenvalue weighted by atomic mass is 10.1. The highest BCUT2D eigenvalue weighted by atomic mass is 79.9. The summed E-state index contributed by atoms with van der Waals surface area (Å²) in [6.45, 7) is 1.97. The van der Waals surface area contributed by atoms with Gasteiger partial charge in [0.2, 0.25) is 0 Å². The minimum atomic E-state index is -1.57. The van der Waals surface area contributed by atoms with Crippen molar-refractivity contribution < 1.29 is 29.0 Å². The maximum absolute atomic E-state index is 12.7. The van der Waals surface area contributed by atoms with Crippen molar-refractivity contribution in [3.8, 4) is 11.3 Å². The second-order valence-corrected chi connectivity index (χ2v) is 8.72. The van der Waals surface area contributed by atoms with Crippen LogP contribution >= 0.6 is 39.9 Å². The molecule has 0 bridgehead atoms. The number of aliphatic carboxylic acids is 2. The number of carbonyl (C=O) groups excluding carboxylic acids is 1. The molecule has 7 nitrogen and oxygen atoms in total. The van der Waals surface area contributed by atoms with Crippen LogP contribution in [0.4, 0.5) is 0 Å². The Morgan fingerprint density at radius 3 is 2.66 bits per heavy atom. The van der Waals surface area contributed by atoms with Crippen LogP contribution < -0.4 is 0 Å². The number of carboxylic acids is 2. The van der Waals surface area contributed by atoms with Crippen LogP contribution in [0.1, 0.15) is 17.7 Å². The average Bonchev–Trinajstić information content (AvgIpc) is 3.18. The predicted octanol–water partition coefficient (Wildman–Crippen LogP) is 4.15. The Morgan fingerprint density at radius 2 is 2.03 bits per heavy atom. The molecule has 1 amide bonds. The van der Waals surface area contributed by atoms with E-state index in [1.165, 1.54) is 6.08 Å². The minimum absolute atomic E-state index is 0.0111. The van der Waals surface area contributed by atoms with Gasteiger partial charge in [0, 0.05) is 16.1 Å². The molecule has 1 saturated heterocycles. The van der Waals surface area contributed by atoms with Crippen LogP contribution in [-0.2, 0) is 14.4 Å². The van der Waals surface area contributed by atoms with Crippen LogP contribution in [0.5, 0.6) is 0 Å². The van der Waals surface area contributed by atoms with Gasteiger partial charge in [0.25, 0.3) is 5.91 Å². The number of carboxylic acid groups (broad SMARTS) is 2. The Hall–Kier alpha value is -2.43. The van der Waals surface area contributed by atoms with E-state index in [1.807, 2.05) is 25.1 Å². The van der Waals surface area contributed by atoms with E-state index in [2.05, 4.69) is 15.9 Å². The molecule has 0 radical (unpaired) electrons. The molecule has 1 aromatic carbocycles. The van der Waals surface area contributed by atoms with Crippen LogP contribution in [-0.4, -0.2) is 43.3 Å². The van der Waals surface area contributed by atoms with E-state index in [0.29, 0.717) is 11.5 Å². The molecule has 0 unspecified atom stereocenters. The molecular formula is C19H14BrNO6S2. The fraction of sp³-hybridized carbons (Fsp3) is 0.158. The third-order valence-corrected chi connectivity index (χ3v) is 6.06. The van der Waals surface area contributed by atoms with E-state index < -0.39 is 30.3 Å². The average molecular weight is 496 g/mol. The van der Waals surface area contributed by atoms with Crippen LogP contribution in [0.3, 0.4) is 0 Å². The molecule has 2 N–H and O–H groups in total. The van der Waals surface area contributed by atoms with Gasteiger partial charge in [0.05, 0.1) is 11.3 Å². The first-order valence-corrected chi connectivity index (χ1v) is 10.3. The van der Waals surface area contributed by atoms with Gasteiger partial charge in [0.1, 0.15) is 21.9 Å². The summed E-state index contributed by atoms with van der Waals surface area (Å²) in [6.07, 6.45) is 0.714. The van der Waals surface area contributed by atoms with Crippen LogP contribution in [0, 0.1) is 6.92 Å². The molecule has 1 aromatic heterocycles. The summed E-state index contributed by atoms with van der Waals surface area (Å²) in [5, 5.41) is 18.2. The Kier molecular flexibility index (Phi) is 6.25. The molecule has 1 aliphatic heterocycles. The zero-order valence-electron chi connectivity index (χ0n) is 14.9.